The van der Waals surface area contributed by atoms with Crippen LogP contribution in [-0.2, 0) is 20.1 Å². The molecule has 0 radical (unpaired) electrons. The molecule has 1 aromatic carbocycles. The summed E-state index contributed by atoms with van der Waals surface area (Å²) in [5.41, 5.74) is 10.1. The zero-order chi connectivity index (χ0) is 18.4. The molecule has 0 aliphatic heterocycles. The average Bonchev–Trinajstić information content (AvgIpc) is 2.83. The highest BCUT2D eigenvalue weighted by Crippen LogP contribution is 2.11. The number of aryl methyl sites for hydroxylation is 2. The first-order valence-corrected chi connectivity index (χ1v) is 8.32. The molecule has 0 saturated carbocycles. The fourth-order valence-electron chi connectivity index (χ4n) is 2.58. The number of benzene rings is 1. The number of hydrogen-bond donors (Lipinski definition) is 3. The van der Waals surface area contributed by atoms with E-state index in [1.165, 1.54) is 5.56 Å². The van der Waals surface area contributed by atoms with Crippen LogP contribution in [0.3, 0.4) is 0 Å². The summed E-state index contributed by atoms with van der Waals surface area (Å²) >= 11 is 0. The summed E-state index contributed by atoms with van der Waals surface area (Å²) in [6, 6.07) is 7.21. The van der Waals surface area contributed by atoms with E-state index in [2.05, 4.69) is 27.6 Å². The Kier molecular flexibility index (Phi) is 8.56. The Morgan fingerprint density at radius 3 is 2.62 bits per heavy atom. The van der Waals surface area contributed by atoms with Crippen molar-refractivity contribution in [2.24, 2.45) is 17.8 Å². The summed E-state index contributed by atoms with van der Waals surface area (Å²) in [5, 5.41) is 11.0. The van der Waals surface area contributed by atoms with Crippen molar-refractivity contribution in [3.63, 3.8) is 0 Å². The molecule has 1 amide bonds. The normalized spacial score (nSPS) is 11.0. The molecule has 0 aliphatic carbocycles. The van der Waals surface area contributed by atoms with Gasteiger partial charge >= 0.3 is 0 Å². The van der Waals surface area contributed by atoms with Crippen molar-refractivity contribution in [2.75, 3.05) is 6.54 Å². The molecule has 0 atom stereocenters. The molecule has 2 aromatic rings. The second-order valence-corrected chi connectivity index (χ2v) is 5.89. The molecule has 0 aliphatic rings. The van der Waals surface area contributed by atoms with Crippen LogP contribution < -0.4 is 16.4 Å². The lowest BCUT2D eigenvalue weighted by molar-refractivity contribution is 0.1000. The van der Waals surface area contributed by atoms with Crippen LogP contribution in [0.1, 0.15) is 39.8 Å². The lowest BCUT2D eigenvalue weighted by Gasteiger charge is -2.12. The minimum atomic E-state index is -0.432. The topological polar surface area (TPSA) is 97.3 Å². The number of hydrogen-bond acceptors (Lipinski definition) is 3. The van der Waals surface area contributed by atoms with Crippen LogP contribution >= 0.6 is 24.0 Å². The van der Waals surface area contributed by atoms with Gasteiger partial charge in [0, 0.05) is 37.0 Å². The SMILES string of the molecule is CCNC(=NCc1cccc(C(N)=O)c1)NCc1c(C)nn(C)c1C.I. The third kappa shape index (κ3) is 5.72. The third-order valence-electron chi connectivity index (χ3n) is 4.07. The number of nitrogens with one attached hydrogen (secondary N) is 2. The van der Waals surface area contributed by atoms with Gasteiger partial charge in [-0.2, -0.15) is 5.10 Å². The summed E-state index contributed by atoms with van der Waals surface area (Å²) in [5.74, 6) is 0.285. The van der Waals surface area contributed by atoms with Gasteiger partial charge in [0.15, 0.2) is 5.96 Å². The molecular formula is C18H27IN6O. The fourth-order valence-corrected chi connectivity index (χ4v) is 2.58. The largest absolute Gasteiger partial charge is 0.366 e. The number of rotatable bonds is 6. The van der Waals surface area contributed by atoms with Gasteiger partial charge in [0.1, 0.15) is 0 Å². The van der Waals surface area contributed by atoms with Gasteiger partial charge in [0.05, 0.1) is 12.2 Å². The molecular weight excluding hydrogens is 443 g/mol. The van der Waals surface area contributed by atoms with E-state index < -0.39 is 5.91 Å². The van der Waals surface area contributed by atoms with Gasteiger partial charge in [-0.25, -0.2) is 4.99 Å². The molecule has 1 heterocycles. The van der Waals surface area contributed by atoms with Gasteiger partial charge in [0.25, 0.3) is 0 Å². The van der Waals surface area contributed by atoms with E-state index in [-0.39, 0.29) is 24.0 Å². The number of amides is 1. The van der Waals surface area contributed by atoms with Crippen molar-refractivity contribution in [3.8, 4) is 0 Å². The van der Waals surface area contributed by atoms with Crippen molar-refractivity contribution >= 4 is 35.8 Å². The van der Waals surface area contributed by atoms with Crippen molar-refractivity contribution in [1.29, 1.82) is 0 Å². The van der Waals surface area contributed by atoms with E-state index in [0.29, 0.717) is 18.7 Å². The van der Waals surface area contributed by atoms with Gasteiger partial charge < -0.3 is 16.4 Å². The second kappa shape index (κ2) is 10.1. The Balaban J connectivity index is 0.00000338. The van der Waals surface area contributed by atoms with E-state index >= 15 is 0 Å². The number of carbonyl (C=O) groups is 1. The van der Waals surface area contributed by atoms with Crippen molar-refractivity contribution in [3.05, 3.63) is 52.3 Å². The van der Waals surface area contributed by atoms with Crippen LogP contribution in [-0.4, -0.2) is 28.2 Å². The fraction of sp³-hybridized carbons (Fsp3) is 0.389. The number of aliphatic imine (C=N–C) groups is 1. The van der Waals surface area contributed by atoms with Crippen LogP contribution in [0.15, 0.2) is 29.3 Å². The Hall–Kier alpha value is -2.10. The van der Waals surface area contributed by atoms with Gasteiger partial charge in [-0.1, -0.05) is 12.1 Å². The Morgan fingerprint density at radius 2 is 2.04 bits per heavy atom. The first kappa shape index (κ1) is 21.9. The molecule has 0 unspecified atom stereocenters. The molecule has 4 N–H and O–H groups in total. The lowest BCUT2D eigenvalue weighted by Crippen LogP contribution is -2.37. The number of nitrogens with zero attached hydrogens (tertiary/aromatic N) is 3. The number of aromatic nitrogens is 2. The molecule has 0 spiro atoms. The quantitative estimate of drug-likeness (QED) is 0.342. The maximum atomic E-state index is 11.3. The zero-order valence-electron chi connectivity index (χ0n) is 15.7. The first-order chi connectivity index (χ1) is 11.9. The Morgan fingerprint density at radius 1 is 1.31 bits per heavy atom. The molecule has 8 heteroatoms. The predicted molar refractivity (Wildman–Crippen MR) is 115 cm³/mol. The van der Waals surface area contributed by atoms with E-state index in [1.807, 2.05) is 37.7 Å². The van der Waals surface area contributed by atoms with Gasteiger partial charge in [0.2, 0.25) is 5.91 Å². The molecule has 2 rings (SSSR count). The van der Waals surface area contributed by atoms with Crippen LogP contribution in [0.4, 0.5) is 0 Å². The molecule has 7 nitrogen and oxygen atoms in total. The Bertz CT molecular complexity index is 784. The summed E-state index contributed by atoms with van der Waals surface area (Å²) in [7, 11) is 1.94. The van der Waals surface area contributed by atoms with Crippen molar-refractivity contribution in [2.45, 2.75) is 33.9 Å². The zero-order valence-corrected chi connectivity index (χ0v) is 18.0. The standard InChI is InChI=1S/C18H26N6O.HI/c1-5-20-18(22-11-16-12(2)23-24(4)13(16)3)21-10-14-7-6-8-15(9-14)17(19)25;/h6-9H,5,10-11H2,1-4H3,(H2,19,25)(H2,20,21,22);1H. The molecule has 0 saturated heterocycles. The molecule has 1 aromatic heterocycles. The average molecular weight is 470 g/mol. The van der Waals surface area contributed by atoms with Crippen LogP contribution in [0.5, 0.6) is 0 Å². The summed E-state index contributed by atoms with van der Waals surface area (Å²) < 4.78 is 1.88. The van der Waals surface area contributed by atoms with Crippen LogP contribution in [0.2, 0.25) is 0 Å². The minimum absolute atomic E-state index is 0. The Labute approximate surface area is 171 Å². The van der Waals surface area contributed by atoms with Crippen molar-refractivity contribution < 1.29 is 4.79 Å². The minimum Gasteiger partial charge on any atom is -0.366 e. The highest BCUT2D eigenvalue weighted by atomic mass is 127. The van der Waals surface area contributed by atoms with Gasteiger partial charge in [-0.05, 0) is 38.5 Å². The monoisotopic (exact) mass is 470 g/mol. The number of nitrogens with two attached hydrogens (primary N) is 1. The smallest absolute Gasteiger partial charge is 0.248 e. The second-order valence-electron chi connectivity index (χ2n) is 5.89. The van der Waals surface area contributed by atoms with E-state index in [9.17, 15) is 4.79 Å². The maximum absolute atomic E-state index is 11.3. The van der Waals surface area contributed by atoms with E-state index in [0.717, 1.165) is 29.5 Å². The van der Waals surface area contributed by atoms with Crippen LogP contribution in [0, 0.1) is 13.8 Å². The summed E-state index contributed by atoms with van der Waals surface area (Å²) in [6.07, 6.45) is 0. The number of guanidine groups is 1. The maximum Gasteiger partial charge on any atom is 0.248 e. The van der Waals surface area contributed by atoms with E-state index in [4.69, 9.17) is 5.73 Å². The third-order valence-corrected chi connectivity index (χ3v) is 4.07. The van der Waals surface area contributed by atoms with Gasteiger partial charge in [-0.3, -0.25) is 9.48 Å². The number of primary amides is 1. The van der Waals surface area contributed by atoms with E-state index in [1.54, 1.807) is 12.1 Å². The molecule has 26 heavy (non-hydrogen) atoms. The predicted octanol–water partition coefficient (Wildman–Crippen LogP) is 2.01. The molecule has 0 fully saturated rings. The highest BCUT2D eigenvalue weighted by Gasteiger charge is 2.09. The molecule has 142 valence electrons. The summed E-state index contributed by atoms with van der Waals surface area (Å²) in [4.78, 5) is 15.9. The summed E-state index contributed by atoms with van der Waals surface area (Å²) in [6.45, 7) is 7.95. The highest BCUT2D eigenvalue weighted by molar-refractivity contribution is 14.0. The van der Waals surface area contributed by atoms with Crippen molar-refractivity contribution in [1.82, 2.24) is 20.4 Å². The number of halogens is 1. The molecule has 0 bridgehead atoms. The number of carbonyl (C=O) groups excluding carboxylic acids is 1. The van der Waals surface area contributed by atoms with Crippen LogP contribution in [0.25, 0.3) is 0 Å². The lowest BCUT2D eigenvalue weighted by atomic mass is 10.1. The van der Waals surface area contributed by atoms with Gasteiger partial charge in [-0.15, -0.1) is 24.0 Å². The first-order valence-electron chi connectivity index (χ1n) is 8.32.